The summed E-state index contributed by atoms with van der Waals surface area (Å²) >= 11 is 0. The second kappa shape index (κ2) is 16.8. The summed E-state index contributed by atoms with van der Waals surface area (Å²) in [5.74, 6) is 2.15. The average Bonchev–Trinajstić information content (AvgIpc) is 2.81. The van der Waals surface area contributed by atoms with Crippen molar-refractivity contribution in [2.24, 2.45) is 5.92 Å². The third-order valence-corrected chi connectivity index (χ3v) is 6.29. The Bertz CT molecular complexity index is 858. The Balaban J connectivity index is 0.00000274. The van der Waals surface area contributed by atoms with Crippen molar-refractivity contribution in [3.63, 3.8) is 0 Å². The van der Waals surface area contributed by atoms with E-state index in [0.29, 0.717) is 24.0 Å². The molecule has 0 spiro atoms. The molecular weight excluding hydrogens is 455 g/mol. The van der Waals surface area contributed by atoms with E-state index in [1.54, 1.807) is 0 Å². The monoisotopic (exact) mass is 506 g/mol. The predicted octanol–water partition coefficient (Wildman–Crippen LogP) is 10.1. The number of phenols is 1. The van der Waals surface area contributed by atoms with Gasteiger partial charge in [-0.2, -0.15) is 0 Å². The smallest absolute Gasteiger partial charge is 0.463 e. The van der Waals surface area contributed by atoms with Crippen molar-refractivity contribution >= 4 is 8.60 Å². The van der Waals surface area contributed by atoms with Crippen molar-refractivity contribution in [2.45, 2.75) is 108 Å². The fraction of sp³-hybridized carbons (Fsp3) is 0.600. The second-order valence-corrected chi connectivity index (χ2v) is 10.6. The van der Waals surface area contributed by atoms with E-state index in [9.17, 15) is 5.11 Å². The van der Waals surface area contributed by atoms with Crippen LogP contribution < -0.4 is 9.05 Å². The predicted molar refractivity (Wildman–Crippen MR) is 153 cm³/mol. The van der Waals surface area contributed by atoms with E-state index in [0.717, 1.165) is 41.7 Å². The summed E-state index contributed by atoms with van der Waals surface area (Å²) in [5.41, 5.74) is 3.79. The molecule has 2 aromatic carbocycles. The highest BCUT2D eigenvalue weighted by molar-refractivity contribution is 7.42. The zero-order valence-corrected chi connectivity index (χ0v) is 25.3. The lowest BCUT2D eigenvalue weighted by molar-refractivity contribution is 0.221. The minimum absolute atomic E-state index is 0.207. The van der Waals surface area contributed by atoms with E-state index in [1.165, 1.54) is 5.56 Å². The fourth-order valence-electron chi connectivity index (χ4n) is 3.46. The maximum atomic E-state index is 10.5. The van der Waals surface area contributed by atoms with Crippen LogP contribution in [0.25, 0.3) is 0 Å². The van der Waals surface area contributed by atoms with Crippen LogP contribution >= 0.6 is 8.60 Å². The van der Waals surface area contributed by atoms with Crippen LogP contribution in [0.5, 0.6) is 17.2 Å². The molecule has 0 bridgehead atoms. The molecule has 2 rings (SSSR count). The standard InChI is InChI=1S/C26H39O4P.2C2H6/c1-9-11-18(3)17-28-31(29-22-13-19(4)12-21(10-2)15-22)30-23-14-20(5)25(27)24(16-23)26(6,7)8;2*1-2/h12-16,18,27H,9-11,17H2,1-8H3;2*1-2H3. The van der Waals surface area contributed by atoms with Gasteiger partial charge in [0.15, 0.2) is 0 Å². The van der Waals surface area contributed by atoms with Crippen molar-refractivity contribution in [1.82, 2.24) is 0 Å². The van der Waals surface area contributed by atoms with Crippen LogP contribution in [0.3, 0.4) is 0 Å². The van der Waals surface area contributed by atoms with Gasteiger partial charge in [-0.1, -0.05) is 81.7 Å². The SMILES string of the molecule is CC.CC.CCCC(C)COP(Oc1cc(C)cc(CC)c1)Oc1cc(C)c(O)c(C(C)(C)C)c1. The van der Waals surface area contributed by atoms with Gasteiger partial charge in [0, 0.05) is 5.56 Å². The molecule has 0 radical (unpaired) electrons. The van der Waals surface area contributed by atoms with Gasteiger partial charge in [-0.15, -0.1) is 0 Å². The molecule has 0 fully saturated rings. The van der Waals surface area contributed by atoms with Gasteiger partial charge in [-0.05, 0) is 79.0 Å². The van der Waals surface area contributed by atoms with Gasteiger partial charge in [0.25, 0.3) is 0 Å². The molecule has 2 aromatic rings. The van der Waals surface area contributed by atoms with Crippen LogP contribution in [0.2, 0.25) is 0 Å². The molecule has 4 nitrogen and oxygen atoms in total. The Morgan fingerprint density at radius 2 is 1.46 bits per heavy atom. The average molecular weight is 507 g/mol. The van der Waals surface area contributed by atoms with E-state index >= 15 is 0 Å². The van der Waals surface area contributed by atoms with Crippen LogP contribution in [0.15, 0.2) is 30.3 Å². The molecule has 2 unspecified atom stereocenters. The first kappa shape index (κ1) is 33.2. The molecule has 5 heteroatoms. The fourth-order valence-corrected chi connectivity index (χ4v) is 4.53. The highest BCUT2D eigenvalue weighted by atomic mass is 31.2. The third-order valence-electron chi connectivity index (χ3n) is 5.21. The number of aryl methyl sites for hydroxylation is 3. The Morgan fingerprint density at radius 3 is 1.97 bits per heavy atom. The Hall–Kier alpha value is -1.77. The van der Waals surface area contributed by atoms with Gasteiger partial charge in [0.2, 0.25) is 0 Å². The Morgan fingerprint density at radius 1 is 0.886 bits per heavy atom. The van der Waals surface area contributed by atoms with Crippen molar-refractivity contribution in [2.75, 3.05) is 6.61 Å². The number of phenolic OH excluding ortho intramolecular Hbond substituents is 1. The number of aromatic hydroxyl groups is 1. The number of rotatable bonds is 10. The molecule has 35 heavy (non-hydrogen) atoms. The van der Waals surface area contributed by atoms with Crippen molar-refractivity contribution in [3.05, 3.63) is 52.6 Å². The molecule has 200 valence electrons. The van der Waals surface area contributed by atoms with Gasteiger partial charge in [0.1, 0.15) is 17.2 Å². The van der Waals surface area contributed by atoms with Crippen LogP contribution in [-0.4, -0.2) is 11.7 Å². The largest absolute Gasteiger partial charge is 0.507 e. The Kier molecular flexibility index (Phi) is 16.0. The lowest BCUT2D eigenvalue weighted by Crippen LogP contribution is -2.12. The van der Waals surface area contributed by atoms with Crippen LogP contribution in [-0.2, 0) is 16.4 Å². The number of benzene rings is 2. The van der Waals surface area contributed by atoms with Gasteiger partial charge < -0.3 is 14.2 Å². The van der Waals surface area contributed by atoms with E-state index in [1.807, 2.05) is 58.9 Å². The van der Waals surface area contributed by atoms with E-state index < -0.39 is 8.60 Å². The van der Waals surface area contributed by atoms with Gasteiger partial charge in [-0.3, -0.25) is 4.52 Å². The summed E-state index contributed by atoms with van der Waals surface area (Å²) in [6, 6.07) is 9.97. The van der Waals surface area contributed by atoms with Crippen molar-refractivity contribution in [3.8, 4) is 17.2 Å². The molecule has 0 saturated carbocycles. The van der Waals surface area contributed by atoms with E-state index in [2.05, 4.69) is 54.5 Å². The lowest BCUT2D eigenvalue weighted by atomic mass is 9.85. The third kappa shape index (κ3) is 11.7. The quantitative estimate of drug-likeness (QED) is 0.326. The molecule has 2 atom stereocenters. The first-order chi connectivity index (χ1) is 16.5. The summed E-state index contributed by atoms with van der Waals surface area (Å²) in [7, 11) is -1.64. The molecular formula is C30H51O4P. The first-order valence-electron chi connectivity index (χ1n) is 13.3. The maximum Gasteiger partial charge on any atom is 0.463 e. The van der Waals surface area contributed by atoms with E-state index in [-0.39, 0.29) is 5.41 Å². The number of hydrogen-bond acceptors (Lipinski definition) is 4. The molecule has 0 aliphatic heterocycles. The summed E-state index contributed by atoms with van der Waals surface area (Å²) in [5, 5.41) is 10.5. The molecule has 0 aliphatic carbocycles. The minimum Gasteiger partial charge on any atom is -0.507 e. The van der Waals surface area contributed by atoms with Crippen LogP contribution in [0.1, 0.15) is 104 Å². The normalized spacial score (nSPS) is 12.5. The summed E-state index contributed by atoms with van der Waals surface area (Å²) in [6.07, 6.45) is 3.16. The van der Waals surface area contributed by atoms with Crippen molar-refractivity contribution in [1.29, 1.82) is 0 Å². The second-order valence-electron chi connectivity index (χ2n) is 9.49. The molecule has 0 heterocycles. The van der Waals surface area contributed by atoms with Crippen LogP contribution in [0.4, 0.5) is 0 Å². The molecule has 0 aliphatic rings. The summed E-state index contributed by atoms with van der Waals surface area (Å²) in [6.45, 7) is 25.3. The van der Waals surface area contributed by atoms with E-state index in [4.69, 9.17) is 13.6 Å². The highest BCUT2D eigenvalue weighted by Crippen LogP contribution is 2.45. The summed E-state index contributed by atoms with van der Waals surface area (Å²) < 4.78 is 18.6. The zero-order chi connectivity index (χ0) is 27.2. The number of hydrogen-bond donors (Lipinski definition) is 1. The molecule has 0 aromatic heterocycles. The molecule has 1 N–H and O–H groups in total. The molecule has 0 saturated heterocycles. The first-order valence-corrected chi connectivity index (χ1v) is 14.4. The van der Waals surface area contributed by atoms with Gasteiger partial charge in [-0.25, -0.2) is 0 Å². The topological polar surface area (TPSA) is 47.9 Å². The van der Waals surface area contributed by atoms with Crippen LogP contribution in [0, 0.1) is 19.8 Å². The Labute approximate surface area is 217 Å². The van der Waals surface area contributed by atoms with Crippen molar-refractivity contribution < 1.29 is 18.7 Å². The van der Waals surface area contributed by atoms with Gasteiger partial charge >= 0.3 is 8.60 Å². The minimum atomic E-state index is -1.64. The zero-order valence-electron chi connectivity index (χ0n) is 24.4. The summed E-state index contributed by atoms with van der Waals surface area (Å²) in [4.78, 5) is 0. The highest BCUT2D eigenvalue weighted by Gasteiger charge is 2.24. The maximum absolute atomic E-state index is 10.5. The van der Waals surface area contributed by atoms with Gasteiger partial charge in [0.05, 0.1) is 6.61 Å². The lowest BCUT2D eigenvalue weighted by Gasteiger charge is -2.24. The molecule has 0 amide bonds.